The van der Waals surface area contributed by atoms with Crippen molar-refractivity contribution in [2.75, 3.05) is 13.6 Å². The third-order valence-electron chi connectivity index (χ3n) is 4.11. The molecule has 1 saturated heterocycles. The Morgan fingerprint density at radius 2 is 2.44 bits per heavy atom. The molecule has 100 valence electrons. The SMILES string of the molecule is CCC1(C(=O)N(C)C(C)c2cccs2)CCCN1. The van der Waals surface area contributed by atoms with E-state index in [9.17, 15) is 4.79 Å². The lowest BCUT2D eigenvalue weighted by molar-refractivity contribution is -0.138. The maximum atomic E-state index is 12.7. The first kappa shape index (κ1) is 13.6. The predicted octanol–water partition coefficient (Wildman–Crippen LogP) is 2.80. The van der Waals surface area contributed by atoms with Gasteiger partial charge in [-0.05, 0) is 44.2 Å². The van der Waals surface area contributed by atoms with Crippen LogP contribution >= 0.6 is 11.3 Å². The fourth-order valence-electron chi connectivity index (χ4n) is 2.68. The highest BCUT2D eigenvalue weighted by Gasteiger charge is 2.41. The van der Waals surface area contributed by atoms with E-state index in [1.165, 1.54) is 4.88 Å². The van der Waals surface area contributed by atoms with Crippen molar-refractivity contribution in [3.63, 3.8) is 0 Å². The number of carbonyl (C=O) groups is 1. The molecule has 1 fully saturated rings. The summed E-state index contributed by atoms with van der Waals surface area (Å²) < 4.78 is 0. The molecule has 1 N–H and O–H groups in total. The number of nitrogens with one attached hydrogen (secondary N) is 1. The van der Waals surface area contributed by atoms with E-state index < -0.39 is 0 Å². The lowest BCUT2D eigenvalue weighted by atomic mass is 9.92. The summed E-state index contributed by atoms with van der Waals surface area (Å²) in [5.41, 5.74) is -0.319. The number of hydrogen-bond donors (Lipinski definition) is 1. The molecule has 18 heavy (non-hydrogen) atoms. The van der Waals surface area contributed by atoms with Crippen molar-refractivity contribution in [3.8, 4) is 0 Å². The highest BCUT2D eigenvalue weighted by molar-refractivity contribution is 7.10. The highest BCUT2D eigenvalue weighted by Crippen LogP contribution is 2.30. The van der Waals surface area contributed by atoms with Crippen molar-refractivity contribution in [3.05, 3.63) is 22.4 Å². The molecule has 0 radical (unpaired) electrons. The monoisotopic (exact) mass is 266 g/mol. The number of carbonyl (C=O) groups excluding carboxylic acids is 1. The Kier molecular flexibility index (Phi) is 4.07. The molecule has 1 aliphatic heterocycles. The van der Waals surface area contributed by atoms with Gasteiger partial charge in [-0.3, -0.25) is 4.79 Å². The largest absolute Gasteiger partial charge is 0.337 e. The van der Waals surface area contributed by atoms with Crippen LogP contribution in [0.3, 0.4) is 0 Å². The molecule has 1 aliphatic rings. The van der Waals surface area contributed by atoms with Crippen molar-refractivity contribution in [1.29, 1.82) is 0 Å². The topological polar surface area (TPSA) is 32.3 Å². The minimum absolute atomic E-state index is 0.156. The summed E-state index contributed by atoms with van der Waals surface area (Å²) in [5, 5.41) is 5.48. The minimum atomic E-state index is -0.319. The van der Waals surface area contributed by atoms with Gasteiger partial charge in [-0.25, -0.2) is 0 Å². The van der Waals surface area contributed by atoms with Crippen molar-refractivity contribution in [2.45, 2.75) is 44.7 Å². The standard InChI is InChI=1S/C14H22N2OS/c1-4-14(8-6-9-15-14)13(17)16(3)11(2)12-7-5-10-18-12/h5,7,10-11,15H,4,6,8-9H2,1-3H3. The summed E-state index contributed by atoms with van der Waals surface area (Å²) in [6.07, 6.45) is 2.93. The molecule has 2 heterocycles. The normalized spacial score (nSPS) is 25.1. The van der Waals surface area contributed by atoms with E-state index in [1.807, 2.05) is 18.0 Å². The third-order valence-corrected chi connectivity index (χ3v) is 5.16. The molecule has 3 nitrogen and oxygen atoms in total. The number of hydrogen-bond acceptors (Lipinski definition) is 3. The van der Waals surface area contributed by atoms with Crippen LogP contribution in [0.25, 0.3) is 0 Å². The van der Waals surface area contributed by atoms with Gasteiger partial charge in [-0.2, -0.15) is 0 Å². The molecule has 1 aromatic rings. The van der Waals surface area contributed by atoms with Gasteiger partial charge in [0.25, 0.3) is 0 Å². The van der Waals surface area contributed by atoms with Crippen LogP contribution < -0.4 is 5.32 Å². The first-order chi connectivity index (χ1) is 8.60. The van der Waals surface area contributed by atoms with Crippen LogP contribution in [-0.4, -0.2) is 29.9 Å². The van der Waals surface area contributed by atoms with Crippen LogP contribution in [0, 0.1) is 0 Å². The summed E-state index contributed by atoms with van der Waals surface area (Å²) in [6.45, 7) is 5.16. The van der Waals surface area contributed by atoms with E-state index in [0.717, 1.165) is 25.8 Å². The molecule has 2 unspecified atom stereocenters. The summed E-state index contributed by atoms with van der Waals surface area (Å²) in [7, 11) is 1.92. The second kappa shape index (κ2) is 5.41. The molecule has 1 amide bonds. The summed E-state index contributed by atoms with van der Waals surface area (Å²) >= 11 is 1.71. The number of amides is 1. The maximum Gasteiger partial charge on any atom is 0.243 e. The first-order valence-electron chi connectivity index (χ1n) is 6.66. The van der Waals surface area contributed by atoms with E-state index in [-0.39, 0.29) is 17.5 Å². The zero-order chi connectivity index (χ0) is 13.2. The number of thiophene rings is 1. The van der Waals surface area contributed by atoms with E-state index in [0.29, 0.717) is 0 Å². The number of rotatable bonds is 4. The Morgan fingerprint density at radius 1 is 1.67 bits per heavy atom. The minimum Gasteiger partial charge on any atom is -0.337 e. The van der Waals surface area contributed by atoms with Crippen molar-refractivity contribution in [2.24, 2.45) is 0 Å². The Balaban J connectivity index is 2.13. The van der Waals surface area contributed by atoms with Crippen LogP contribution in [0.2, 0.25) is 0 Å². The highest BCUT2D eigenvalue weighted by atomic mass is 32.1. The van der Waals surface area contributed by atoms with Gasteiger partial charge in [-0.15, -0.1) is 11.3 Å². The zero-order valence-corrected chi connectivity index (χ0v) is 12.2. The van der Waals surface area contributed by atoms with Crippen molar-refractivity contribution in [1.82, 2.24) is 10.2 Å². The van der Waals surface area contributed by atoms with Crippen LogP contribution in [0.15, 0.2) is 17.5 Å². The Hall–Kier alpha value is -0.870. The van der Waals surface area contributed by atoms with Crippen molar-refractivity contribution < 1.29 is 4.79 Å². The lowest BCUT2D eigenvalue weighted by Crippen LogP contribution is -2.53. The van der Waals surface area contributed by atoms with E-state index in [2.05, 4.69) is 30.6 Å². The quantitative estimate of drug-likeness (QED) is 0.909. The zero-order valence-electron chi connectivity index (χ0n) is 11.4. The van der Waals surface area contributed by atoms with Gasteiger partial charge in [0.1, 0.15) is 0 Å². The van der Waals surface area contributed by atoms with Gasteiger partial charge >= 0.3 is 0 Å². The summed E-state index contributed by atoms with van der Waals surface area (Å²) in [4.78, 5) is 15.8. The molecule has 0 saturated carbocycles. The molecule has 0 aliphatic carbocycles. The van der Waals surface area contributed by atoms with Crippen LogP contribution in [-0.2, 0) is 4.79 Å². The summed E-state index contributed by atoms with van der Waals surface area (Å²) in [6, 6.07) is 4.29. The second-order valence-electron chi connectivity index (χ2n) is 5.07. The average molecular weight is 266 g/mol. The maximum absolute atomic E-state index is 12.7. The molecular weight excluding hydrogens is 244 g/mol. The van der Waals surface area contributed by atoms with Crippen LogP contribution in [0.1, 0.15) is 44.0 Å². The smallest absolute Gasteiger partial charge is 0.243 e. The second-order valence-corrected chi connectivity index (χ2v) is 6.05. The van der Waals surface area contributed by atoms with Gasteiger partial charge in [0.2, 0.25) is 5.91 Å². The van der Waals surface area contributed by atoms with E-state index in [4.69, 9.17) is 0 Å². The fourth-order valence-corrected chi connectivity index (χ4v) is 3.50. The molecule has 0 bridgehead atoms. The third kappa shape index (κ3) is 2.31. The van der Waals surface area contributed by atoms with Gasteiger partial charge in [0, 0.05) is 11.9 Å². The Bertz CT molecular complexity index is 396. The first-order valence-corrected chi connectivity index (χ1v) is 7.54. The van der Waals surface area contributed by atoms with Crippen molar-refractivity contribution >= 4 is 17.2 Å². The Morgan fingerprint density at radius 3 is 2.94 bits per heavy atom. The molecule has 0 spiro atoms. The molecule has 2 rings (SSSR count). The van der Waals surface area contributed by atoms with E-state index >= 15 is 0 Å². The predicted molar refractivity (Wildman–Crippen MR) is 75.8 cm³/mol. The van der Waals surface area contributed by atoms with E-state index in [1.54, 1.807) is 11.3 Å². The van der Waals surface area contributed by atoms with Gasteiger partial charge in [0.05, 0.1) is 11.6 Å². The molecule has 2 atom stereocenters. The average Bonchev–Trinajstić information content (AvgIpc) is 3.07. The molecule has 0 aromatic carbocycles. The molecule has 4 heteroatoms. The molecule has 1 aromatic heterocycles. The lowest BCUT2D eigenvalue weighted by Gasteiger charge is -2.34. The number of nitrogens with zero attached hydrogens (tertiary/aromatic N) is 1. The number of likely N-dealkylation sites (N-methyl/N-ethyl adjacent to an activating group) is 1. The fraction of sp³-hybridized carbons (Fsp3) is 0.643. The molecular formula is C14H22N2OS. The summed E-state index contributed by atoms with van der Waals surface area (Å²) in [5.74, 6) is 0.239. The van der Waals surface area contributed by atoms with Gasteiger partial charge in [0.15, 0.2) is 0 Å². The van der Waals surface area contributed by atoms with Crippen LogP contribution in [0.4, 0.5) is 0 Å². The van der Waals surface area contributed by atoms with Crippen LogP contribution in [0.5, 0.6) is 0 Å². The van der Waals surface area contributed by atoms with Gasteiger partial charge < -0.3 is 10.2 Å². The Labute approximate surface area is 113 Å². The van der Waals surface area contributed by atoms with Gasteiger partial charge in [-0.1, -0.05) is 13.0 Å².